The van der Waals surface area contributed by atoms with E-state index in [1.54, 1.807) is 7.05 Å². The topological polar surface area (TPSA) is 86.7 Å². The number of carboxylic acids is 1. The summed E-state index contributed by atoms with van der Waals surface area (Å²) in [7, 11) is 1.64. The van der Waals surface area contributed by atoms with Gasteiger partial charge < -0.3 is 15.3 Å². The minimum atomic E-state index is -1.19. The van der Waals surface area contributed by atoms with E-state index in [1.165, 1.54) is 4.90 Å². The van der Waals surface area contributed by atoms with Crippen LogP contribution in [-0.2, 0) is 14.4 Å². The molecule has 1 fully saturated rings. The molecule has 0 aromatic rings. The van der Waals surface area contributed by atoms with Crippen LogP contribution in [0.5, 0.6) is 0 Å². The molecular weight excluding hydrogens is 188 g/mol. The quantitative estimate of drug-likeness (QED) is 0.561. The second-order valence-corrected chi connectivity index (χ2v) is 3.24. The molecule has 0 saturated carbocycles. The van der Waals surface area contributed by atoms with E-state index in [2.05, 4.69) is 5.32 Å². The monoisotopic (exact) mass is 200 g/mol. The summed E-state index contributed by atoms with van der Waals surface area (Å²) in [5, 5.41) is 10.7. The van der Waals surface area contributed by atoms with Crippen LogP contribution in [0.1, 0.15) is 12.8 Å². The maximum Gasteiger partial charge on any atom is 0.312 e. The number of nitrogens with zero attached hydrogens (tertiary/aromatic N) is 1. The molecule has 1 unspecified atom stereocenters. The van der Waals surface area contributed by atoms with Crippen molar-refractivity contribution in [2.75, 3.05) is 13.6 Å². The van der Waals surface area contributed by atoms with Crippen LogP contribution in [0.25, 0.3) is 0 Å². The highest BCUT2D eigenvalue weighted by Gasteiger charge is 2.30. The van der Waals surface area contributed by atoms with Crippen LogP contribution in [0, 0.1) is 0 Å². The van der Waals surface area contributed by atoms with Gasteiger partial charge in [0.1, 0.15) is 12.5 Å². The molecule has 14 heavy (non-hydrogen) atoms. The van der Waals surface area contributed by atoms with Gasteiger partial charge in [-0.05, 0) is 6.42 Å². The molecule has 0 spiro atoms. The van der Waals surface area contributed by atoms with Crippen LogP contribution >= 0.6 is 0 Å². The van der Waals surface area contributed by atoms with E-state index in [9.17, 15) is 14.4 Å². The standard InChI is InChI=1S/C8H12N2O4/c1-10-3-2-5(8(10)14)9-6(11)4-7(12)13/h5H,2-4H2,1H3,(H,9,11)(H,12,13). The molecule has 1 atom stereocenters. The third kappa shape index (κ3) is 2.45. The number of aliphatic carboxylic acids is 1. The van der Waals surface area contributed by atoms with E-state index in [1.807, 2.05) is 0 Å². The summed E-state index contributed by atoms with van der Waals surface area (Å²) in [4.78, 5) is 34.0. The fraction of sp³-hybridized carbons (Fsp3) is 0.625. The Kier molecular flexibility index (Phi) is 3.06. The highest BCUT2D eigenvalue weighted by atomic mass is 16.4. The Morgan fingerprint density at radius 2 is 2.29 bits per heavy atom. The molecule has 2 amide bonds. The lowest BCUT2D eigenvalue weighted by Gasteiger charge is -2.11. The van der Waals surface area contributed by atoms with Gasteiger partial charge >= 0.3 is 5.97 Å². The van der Waals surface area contributed by atoms with Crippen LogP contribution in [-0.4, -0.2) is 47.4 Å². The van der Waals surface area contributed by atoms with Crippen LogP contribution < -0.4 is 5.32 Å². The Morgan fingerprint density at radius 3 is 2.71 bits per heavy atom. The summed E-state index contributed by atoms with van der Waals surface area (Å²) < 4.78 is 0. The Bertz CT molecular complexity index is 277. The second kappa shape index (κ2) is 4.08. The van der Waals surface area contributed by atoms with Crippen LogP contribution in [0.15, 0.2) is 0 Å². The van der Waals surface area contributed by atoms with E-state index < -0.39 is 24.3 Å². The summed E-state index contributed by atoms with van der Waals surface area (Å²) in [6.45, 7) is 0.594. The first-order chi connectivity index (χ1) is 6.50. The van der Waals surface area contributed by atoms with Crippen molar-refractivity contribution in [3.8, 4) is 0 Å². The fourth-order valence-corrected chi connectivity index (χ4v) is 1.34. The van der Waals surface area contributed by atoms with Gasteiger partial charge in [-0.15, -0.1) is 0 Å². The first-order valence-corrected chi connectivity index (χ1v) is 4.27. The zero-order valence-corrected chi connectivity index (χ0v) is 7.82. The van der Waals surface area contributed by atoms with Crippen molar-refractivity contribution in [1.29, 1.82) is 0 Å². The van der Waals surface area contributed by atoms with E-state index in [0.29, 0.717) is 13.0 Å². The number of hydrogen-bond donors (Lipinski definition) is 2. The molecule has 1 heterocycles. The van der Waals surface area contributed by atoms with Crippen molar-refractivity contribution < 1.29 is 19.5 Å². The van der Waals surface area contributed by atoms with E-state index in [4.69, 9.17) is 5.11 Å². The zero-order valence-electron chi connectivity index (χ0n) is 7.82. The largest absolute Gasteiger partial charge is 0.481 e. The fourth-order valence-electron chi connectivity index (χ4n) is 1.34. The van der Waals surface area contributed by atoms with Gasteiger partial charge in [0.25, 0.3) is 0 Å². The number of nitrogens with one attached hydrogen (secondary N) is 1. The predicted octanol–water partition coefficient (Wildman–Crippen LogP) is -1.19. The summed E-state index contributed by atoms with van der Waals surface area (Å²) in [6.07, 6.45) is -0.0474. The Labute approximate surface area is 80.9 Å². The number of hydrogen-bond acceptors (Lipinski definition) is 3. The number of carbonyl (C=O) groups is 3. The molecule has 0 aromatic heterocycles. The third-order valence-corrected chi connectivity index (χ3v) is 2.07. The number of amides is 2. The smallest absolute Gasteiger partial charge is 0.312 e. The van der Waals surface area contributed by atoms with Gasteiger partial charge in [-0.3, -0.25) is 14.4 Å². The van der Waals surface area contributed by atoms with Gasteiger partial charge in [-0.25, -0.2) is 0 Å². The van der Waals surface area contributed by atoms with Crippen LogP contribution in [0.2, 0.25) is 0 Å². The van der Waals surface area contributed by atoms with Crippen LogP contribution in [0.4, 0.5) is 0 Å². The number of likely N-dealkylation sites (N-methyl/N-ethyl adjacent to an activating group) is 1. The van der Waals surface area contributed by atoms with E-state index in [-0.39, 0.29) is 5.91 Å². The van der Waals surface area contributed by atoms with Crippen molar-refractivity contribution in [1.82, 2.24) is 10.2 Å². The zero-order chi connectivity index (χ0) is 10.7. The lowest BCUT2D eigenvalue weighted by Crippen LogP contribution is -2.41. The molecule has 1 aliphatic rings. The van der Waals surface area contributed by atoms with Gasteiger partial charge in [-0.1, -0.05) is 0 Å². The molecular formula is C8H12N2O4. The van der Waals surface area contributed by atoms with Gasteiger partial charge in [0, 0.05) is 13.6 Å². The Hall–Kier alpha value is -1.59. The summed E-state index contributed by atoms with van der Waals surface area (Å²) in [5.41, 5.74) is 0. The molecule has 6 nitrogen and oxygen atoms in total. The lowest BCUT2D eigenvalue weighted by atomic mass is 10.2. The van der Waals surface area contributed by atoms with Crippen molar-refractivity contribution in [2.24, 2.45) is 0 Å². The molecule has 0 bridgehead atoms. The minimum Gasteiger partial charge on any atom is -0.481 e. The summed E-state index contributed by atoms with van der Waals surface area (Å²) >= 11 is 0. The average Bonchev–Trinajstić information content (AvgIpc) is 2.34. The highest BCUT2D eigenvalue weighted by Crippen LogP contribution is 2.08. The molecule has 78 valence electrons. The summed E-state index contributed by atoms with van der Waals surface area (Å²) in [5.74, 6) is -1.98. The lowest BCUT2D eigenvalue weighted by molar-refractivity contribution is -0.142. The molecule has 6 heteroatoms. The molecule has 0 aliphatic carbocycles. The average molecular weight is 200 g/mol. The van der Waals surface area contributed by atoms with Gasteiger partial charge in [0.05, 0.1) is 0 Å². The van der Waals surface area contributed by atoms with Gasteiger partial charge in [0.15, 0.2) is 0 Å². The van der Waals surface area contributed by atoms with Gasteiger partial charge in [-0.2, -0.15) is 0 Å². The molecule has 1 aliphatic heterocycles. The normalized spacial score (nSPS) is 21.1. The van der Waals surface area contributed by atoms with Crippen LogP contribution in [0.3, 0.4) is 0 Å². The number of rotatable bonds is 3. The molecule has 0 aromatic carbocycles. The van der Waals surface area contributed by atoms with E-state index in [0.717, 1.165) is 0 Å². The molecule has 1 rings (SSSR count). The van der Waals surface area contributed by atoms with Crippen molar-refractivity contribution in [3.63, 3.8) is 0 Å². The number of likely N-dealkylation sites (tertiary alicyclic amines) is 1. The maximum atomic E-state index is 11.3. The first kappa shape index (κ1) is 10.5. The number of carbonyl (C=O) groups excluding carboxylic acids is 2. The Balaban J connectivity index is 2.42. The predicted molar refractivity (Wildman–Crippen MR) is 46.4 cm³/mol. The number of carboxylic acid groups (broad SMARTS) is 1. The Morgan fingerprint density at radius 1 is 1.64 bits per heavy atom. The van der Waals surface area contributed by atoms with Crippen molar-refractivity contribution in [3.05, 3.63) is 0 Å². The molecule has 1 saturated heterocycles. The summed E-state index contributed by atoms with van der Waals surface area (Å²) in [6, 6.07) is -0.549. The van der Waals surface area contributed by atoms with E-state index >= 15 is 0 Å². The maximum absolute atomic E-state index is 11.3. The third-order valence-electron chi connectivity index (χ3n) is 2.07. The molecule has 2 N–H and O–H groups in total. The van der Waals surface area contributed by atoms with Crippen molar-refractivity contribution >= 4 is 17.8 Å². The first-order valence-electron chi connectivity index (χ1n) is 4.27. The highest BCUT2D eigenvalue weighted by molar-refractivity contribution is 5.96. The van der Waals surface area contributed by atoms with Crippen molar-refractivity contribution in [2.45, 2.75) is 18.9 Å². The second-order valence-electron chi connectivity index (χ2n) is 3.24. The SMILES string of the molecule is CN1CCC(NC(=O)CC(=O)O)C1=O. The minimum absolute atomic E-state index is 0.163. The molecule has 0 radical (unpaired) electrons. The van der Waals surface area contributed by atoms with Gasteiger partial charge in [0.2, 0.25) is 11.8 Å².